The first kappa shape index (κ1) is 33.4. The molecule has 0 bridgehead atoms. The summed E-state index contributed by atoms with van der Waals surface area (Å²) in [5, 5.41) is 9.32. The lowest BCUT2D eigenvalue weighted by molar-refractivity contribution is -0.174. The molecule has 0 amide bonds. The fourth-order valence-electron chi connectivity index (χ4n) is 5.73. The molecule has 1 saturated carbocycles. The molecule has 0 aromatic rings. The van der Waals surface area contributed by atoms with Crippen molar-refractivity contribution >= 4 is 17.9 Å². The molecule has 7 unspecified atom stereocenters. The number of hydrogen-bond donors (Lipinski definition) is 1. The van der Waals surface area contributed by atoms with Crippen LogP contribution in [0.25, 0.3) is 0 Å². The second kappa shape index (κ2) is 16.4. The van der Waals surface area contributed by atoms with Crippen molar-refractivity contribution in [3.05, 3.63) is 0 Å². The average molecular weight is 527 g/mol. The van der Waals surface area contributed by atoms with Gasteiger partial charge in [-0.25, -0.2) is 0 Å². The van der Waals surface area contributed by atoms with E-state index in [0.717, 1.165) is 19.3 Å². The zero-order valence-electron chi connectivity index (χ0n) is 24.7. The Morgan fingerprint density at radius 1 is 1.03 bits per heavy atom. The topological polar surface area (TPSA) is 99.1 Å². The van der Waals surface area contributed by atoms with E-state index in [0.29, 0.717) is 50.0 Å². The van der Waals surface area contributed by atoms with Gasteiger partial charge in [0.05, 0.1) is 5.41 Å². The maximum atomic E-state index is 13.6. The fourth-order valence-corrected chi connectivity index (χ4v) is 5.73. The van der Waals surface area contributed by atoms with Crippen molar-refractivity contribution in [3.8, 4) is 0 Å². The van der Waals surface area contributed by atoms with Crippen LogP contribution in [-0.2, 0) is 28.6 Å². The summed E-state index contributed by atoms with van der Waals surface area (Å²) in [6.45, 7) is 16.7. The number of esters is 2. The highest BCUT2D eigenvalue weighted by molar-refractivity contribution is 5.76. The van der Waals surface area contributed by atoms with Crippen LogP contribution in [0.15, 0.2) is 0 Å². The van der Waals surface area contributed by atoms with Crippen molar-refractivity contribution < 1.29 is 33.7 Å². The van der Waals surface area contributed by atoms with E-state index in [2.05, 4.69) is 27.7 Å². The fraction of sp³-hybridized carbons (Fsp3) is 0.900. The number of carbonyl (C=O) groups is 3. The number of hydrogen-bond acceptors (Lipinski definition) is 6. The molecule has 1 aliphatic rings. The van der Waals surface area contributed by atoms with Crippen LogP contribution in [0.2, 0.25) is 0 Å². The van der Waals surface area contributed by atoms with Crippen molar-refractivity contribution in [3.63, 3.8) is 0 Å². The minimum absolute atomic E-state index is 0.0492. The minimum Gasteiger partial charge on any atom is -0.481 e. The van der Waals surface area contributed by atoms with Crippen molar-refractivity contribution in [2.75, 3.05) is 6.61 Å². The predicted molar refractivity (Wildman–Crippen MR) is 145 cm³/mol. The van der Waals surface area contributed by atoms with Crippen LogP contribution in [0, 0.1) is 35.0 Å². The van der Waals surface area contributed by atoms with Crippen molar-refractivity contribution in [1.82, 2.24) is 0 Å². The lowest BCUT2D eigenvalue weighted by Gasteiger charge is -2.39. The molecule has 0 aromatic carbocycles. The lowest BCUT2D eigenvalue weighted by atomic mass is 9.73. The Morgan fingerprint density at radius 2 is 1.70 bits per heavy atom. The van der Waals surface area contributed by atoms with E-state index >= 15 is 0 Å². The van der Waals surface area contributed by atoms with Crippen LogP contribution < -0.4 is 0 Å². The first-order valence-electron chi connectivity index (χ1n) is 14.5. The van der Waals surface area contributed by atoms with Gasteiger partial charge in [-0.3, -0.25) is 14.4 Å². The van der Waals surface area contributed by atoms with E-state index in [1.54, 1.807) is 6.92 Å². The smallest absolute Gasteiger partial charge is 0.312 e. The molecule has 1 rings (SSSR count). The highest BCUT2D eigenvalue weighted by Gasteiger charge is 2.40. The Morgan fingerprint density at radius 3 is 2.27 bits per heavy atom. The van der Waals surface area contributed by atoms with Gasteiger partial charge in [-0.15, -0.1) is 0 Å². The van der Waals surface area contributed by atoms with E-state index < -0.39 is 17.7 Å². The summed E-state index contributed by atoms with van der Waals surface area (Å²) in [6, 6.07) is 0. The highest BCUT2D eigenvalue weighted by atomic mass is 16.7. The van der Waals surface area contributed by atoms with Gasteiger partial charge in [0.15, 0.2) is 6.29 Å². The summed E-state index contributed by atoms with van der Waals surface area (Å²) in [4.78, 5) is 37.1. The summed E-state index contributed by atoms with van der Waals surface area (Å²) in [5.74, 6) is 0.360. The molecule has 1 fully saturated rings. The lowest BCUT2D eigenvalue weighted by Crippen LogP contribution is -2.40. The van der Waals surface area contributed by atoms with E-state index in [1.165, 1.54) is 6.42 Å². The SMILES string of the molecule is CCOC(C)OC(=O)CCC(C)CC(CCC(=O)O)CC(C)(CC)C(=O)OC1CC(C)CCC1C(C)C. The zero-order valence-corrected chi connectivity index (χ0v) is 24.7. The van der Waals surface area contributed by atoms with Gasteiger partial charge in [0.25, 0.3) is 0 Å². The van der Waals surface area contributed by atoms with Crippen LogP contribution in [0.5, 0.6) is 0 Å². The third-order valence-corrected chi connectivity index (χ3v) is 8.27. The highest BCUT2D eigenvalue weighted by Crippen LogP contribution is 2.40. The molecular weight excluding hydrogens is 472 g/mol. The van der Waals surface area contributed by atoms with Crippen LogP contribution in [0.4, 0.5) is 0 Å². The van der Waals surface area contributed by atoms with Gasteiger partial charge in [0.1, 0.15) is 6.10 Å². The van der Waals surface area contributed by atoms with Gasteiger partial charge in [-0.05, 0) is 95.3 Å². The maximum absolute atomic E-state index is 13.6. The minimum atomic E-state index is -0.831. The molecular formula is C30H54O7. The Bertz CT molecular complexity index is 706. The maximum Gasteiger partial charge on any atom is 0.312 e. The van der Waals surface area contributed by atoms with Gasteiger partial charge in [0.2, 0.25) is 0 Å². The number of carbonyl (C=O) groups excluding carboxylic acids is 2. The molecule has 0 radical (unpaired) electrons. The standard InChI is InChI=1S/C30H54O7/c1-9-30(8,29(34)37-26-18-22(6)11-14-25(26)20(3)4)19-24(13-15-27(31)32)17-21(5)12-16-28(33)36-23(7)35-10-2/h20-26H,9-19H2,1-8H3,(H,31,32). The Labute approximate surface area is 225 Å². The van der Waals surface area contributed by atoms with Crippen LogP contribution in [-0.4, -0.2) is 42.0 Å². The Balaban J connectivity index is 2.83. The molecule has 0 heterocycles. The summed E-state index contributed by atoms with van der Waals surface area (Å²) >= 11 is 0. The summed E-state index contributed by atoms with van der Waals surface area (Å²) in [5.41, 5.74) is -0.670. The molecule has 1 N–H and O–H groups in total. The molecule has 7 heteroatoms. The summed E-state index contributed by atoms with van der Waals surface area (Å²) < 4.78 is 16.8. The molecule has 0 spiro atoms. The second-order valence-electron chi connectivity index (χ2n) is 12.1. The van der Waals surface area contributed by atoms with E-state index in [4.69, 9.17) is 14.2 Å². The number of aliphatic carboxylic acids is 1. The largest absolute Gasteiger partial charge is 0.481 e. The van der Waals surface area contributed by atoms with Gasteiger partial charge in [0, 0.05) is 19.4 Å². The molecule has 37 heavy (non-hydrogen) atoms. The van der Waals surface area contributed by atoms with Gasteiger partial charge in [-0.2, -0.15) is 0 Å². The Kier molecular flexibility index (Phi) is 14.8. The average Bonchev–Trinajstić information content (AvgIpc) is 2.81. The van der Waals surface area contributed by atoms with E-state index in [1.807, 2.05) is 20.8 Å². The summed E-state index contributed by atoms with van der Waals surface area (Å²) in [7, 11) is 0. The van der Waals surface area contributed by atoms with Crippen molar-refractivity contribution in [2.45, 2.75) is 132 Å². The molecule has 7 nitrogen and oxygen atoms in total. The van der Waals surface area contributed by atoms with Crippen molar-refractivity contribution in [2.24, 2.45) is 35.0 Å². The van der Waals surface area contributed by atoms with Gasteiger partial charge < -0.3 is 19.3 Å². The molecule has 0 aliphatic heterocycles. The molecule has 0 aromatic heterocycles. The number of ether oxygens (including phenoxy) is 3. The molecule has 0 saturated heterocycles. The number of rotatable bonds is 17. The monoisotopic (exact) mass is 526 g/mol. The van der Waals surface area contributed by atoms with Crippen LogP contribution in [0.1, 0.15) is 120 Å². The number of carboxylic acid groups (broad SMARTS) is 1. The molecule has 216 valence electrons. The van der Waals surface area contributed by atoms with Crippen LogP contribution >= 0.6 is 0 Å². The molecule has 1 aliphatic carbocycles. The van der Waals surface area contributed by atoms with Crippen molar-refractivity contribution in [1.29, 1.82) is 0 Å². The first-order valence-corrected chi connectivity index (χ1v) is 14.5. The third kappa shape index (κ3) is 12.2. The molecule has 7 atom stereocenters. The third-order valence-electron chi connectivity index (χ3n) is 8.27. The Hall–Kier alpha value is -1.63. The summed E-state index contributed by atoms with van der Waals surface area (Å²) in [6.07, 6.45) is 6.03. The zero-order chi connectivity index (χ0) is 28.2. The van der Waals surface area contributed by atoms with Gasteiger partial charge in [-0.1, -0.05) is 41.0 Å². The predicted octanol–water partition coefficient (Wildman–Crippen LogP) is 7.01. The number of carboxylic acids is 1. The van der Waals surface area contributed by atoms with E-state index in [9.17, 15) is 19.5 Å². The first-order chi connectivity index (χ1) is 17.3. The van der Waals surface area contributed by atoms with E-state index in [-0.39, 0.29) is 42.7 Å². The normalized spacial score (nSPS) is 24.1. The van der Waals surface area contributed by atoms with Crippen LogP contribution in [0.3, 0.4) is 0 Å². The quantitative estimate of drug-likeness (QED) is 0.161. The van der Waals surface area contributed by atoms with Gasteiger partial charge >= 0.3 is 17.9 Å². The second-order valence-corrected chi connectivity index (χ2v) is 12.1.